The number of ketones is 2. The number of unbranched alkanes of at least 4 members (excludes halogenated alkanes) is 12. The highest BCUT2D eigenvalue weighted by atomic mass is 16.5. The third-order valence-corrected chi connectivity index (χ3v) is 10.9. The first-order chi connectivity index (χ1) is 33.8. The van der Waals surface area contributed by atoms with Crippen LogP contribution in [0.4, 0.5) is 0 Å². The molecular weight excluding hydrogens is 913 g/mol. The molecule has 0 bridgehead atoms. The van der Waals surface area contributed by atoms with Crippen molar-refractivity contribution in [3.05, 3.63) is 18.2 Å². The van der Waals surface area contributed by atoms with Crippen LogP contribution < -0.4 is 21.3 Å². The van der Waals surface area contributed by atoms with E-state index in [1.807, 2.05) is 0 Å². The third kappa shape index (κ3) is 43.2. The highest BCUT2D eigenvalue weighted by Crippen LogP contribution is 2.13. The van der Waals surface area contributed by atoms with Crippen LogP contribution >= 0.6 is 0 Å². The van der Waals surface area contributed by atoms with Crippen LogP contribution in [-0.4, -0.2) is 158 Å². The number of aliphatic carboxylic acids is 3. The van der Waals surface area contributed by atoms with E-state index in [1.165, 1.54) is 32.1 Å². The van der Waals surface area contributed by atoms with Gasteiger partial charge in [0.25, 0.3) is 0 Å². The maximum Gasteiger partial charge on any atom is 0.326 e. The molecule has 70 heavy (non-hydrogen) atoms. The van der Waals surface area contributed by atoms with Gasteiger partial charge in [-0.2, -0.15) is 0 Å². The number of nitrogens with one attached hydrogen (secondary N) is 5. The number of aryl methyl sites for hydroxylation is 1. The Labute approximate surface area is 414 Å². The largest absolute Gasteiger partial charge is 0.481 e. The summed E-state index contributed by atoms with van der Waals surface area (Å²) in [6.45, 7) is 4.96. The predicted molar refractivity (Wildman–Crippen MR) is 261 cm³/mol. The molecule has 8 N–H and O–H groups in total. The second-order valence-corrected chi connectivity index (χ2v) is 17.0. The molecule has 0 radical (unpaired) electrons. The molecule has 402 valence electrons. The second-order valence-electron chi connectivity index (χ2n) is 17.0. The van der Waals surface area contributed by atoms with Crippen LogP contribution in [0.2, 0.25) is 0 Å². The first-order valence-corrected chi connectivity index (χ1v) is 25.2. The number of hydrogen-bond acceptors (Lipinski definition) is 14. The Hall–Kier alpha value is -4.83. The molecule has 0 saturated heterocycles. The minimum absolute atomic E-state index is 0.00370. The standard InChI is InChI=1S/C27H49NO8.C22H37N5O7/c1-35-21-22-36-20-14-15-23(29)18-19-24(27(33)34)28-25(30)16-12-10-8-6-4-2-3-5-7-9-11-13-17-26(31)32;1-2-20(29)25-9-10-33-11-12-34-15-21(30)24-8-4-3-5-19(22(31)32)26-14-18(28)7-6-17-13-23-16-27-17/h24H,2-22H2,1H3,(H,28,30)(H,31,32)(H,33,34);13,16,19,26H,2-12,14-15H2,1H3,(H,23,27)(H,24,30)(H,25,29)(H,31,32)/t24-;19-/m00/s1. The number of carbonyl (C=O) groups is 8. The van der Waals surface area contributed by atoms with Crippen molar-refractivity contribution in [1.82, 2.24) is 31.2 Å². The average Bonchev–Trinajstić information content (AvgIpc) is 3.86. The van der Waals surface area contributed by atoms with Gasteiger partial charge in [0.15, 0.2) is 0 Å². The van der Waals surface area contributed by atoms with E-state index in [0.717, 1.165) is 50.6 Å². The molecule has 0 aromatic carbocycles. The molecule has 0 unspecified atom stereocenters. The molecule has 21 heteroatoms. The molecular formula is C49H86N6O15. The van der Waals surface area contributed by atoms with Crippen molar-refractivity contribution in [2.45, 2.75) is 173 Å². The Morgan fingerprint density at radius 1 is 0.571 bits per heavy atom. The summed E-state index contributed by atoms with van der Waals surface area (Å²) in [6.07, 6.45) is 20.5. The summed E-state index contributed by atoms with van der Waals surface area (Å²) in [5, 5.41) is 38.0. The minimum atomic E-state index is -1.11. The molecule has 0 aliphatic carbocycles. The van der Waals surface area contributed by atoms with Crippen LogP contribution in [0.1, 0.15) is 160 Å². The lowest BCUT2D eigenvalue weighted by Gasteiger charge is -2.14. The van der Waals surface area contributed by atoms with Gasteiger partial charge >= 0.3 is 17.9 Å². The second kappa shape index (κ2) is 46.5. The Morgan fingerprint density at radius 2 is 1.17 bits per heavy atom. The van der Waals surface area contributed by atoms with Gasteiger partial charge in [-0.15, -0.1) is 0 Å². The first-order valence-electron chi connectivity index (χ1n) is 25.2. The Balaban J connectivity index is 0.00000136. The third-order valence-electron chi connectivity index (χ3n) is 10.9. The van der Waals surface area contributed by atoms with Gasteiger partial charge in [-0.1, -0.05) is 71.1 Å². The minimum Gasteiger partial charge on any atom is -0.481 e. The summed E-state index contributed by atoms with van der Waals surface area (Å²) in [5.41, 5.74) is 0.859. The van der Waals surface area contributed by atoms with E-state index in [2.05, 4.69) is 31.2 Å². The number of aromatic amines is 1. The summed E-state index contributed by atoms with van der Waals surface area (Å²) in [5.74, 6) is -3.48. The number of carboxylic acid groups (broad SMARTS) is 3. The van der Waals surface area contributed by atoms with E-state index in [1.54, 1.807) is 26.6 Å². The fourth-order valence-corrected chi connectivity index (χ4v) is 6.76. The Kier molecular flexibility index (Phi) is 43.3. The molecule has 1 heterocycles. The number of amides is 3. The number of hydrogen-bond donors (Lipinski definition) is 8. The zero-order chi connectivity index (χ0) is 51.9. The number of methoxy groups -OCH3 is 1. The van der Waals surface area contributed by atoms with Crippen molar-refractivity contribution in [2.75, 3.05) is 73.0 Å². The Bertz CT molecular complexity index is 1550. The number of imidazole rings is 1. The van der Waals surface area contributed by atoms with Gasteiger partial charge < -0.3 is 55.2 Å². The van der Waals surface area contributed by atoms with Gasteiger partial charge in [0, 0.05) is 77.2 Å². The van der Waals surface area contributed by atoms with Crippen LogP contribution in [0, 0.1) is 0 Å². The normalized spacial score (nSPS) is 11.7. The maximum absolute atomic E-state index is 12.1. The summed E-state index contributed by atoms with van der Waals surface area (Å²) in [7, 11) is 1.59. The maximum atomic E-state index is 12.1. The molecule has 1 rings (SSSR count). The first kappa shape index (κ1) is 65.2. The predicted octanol–water partition coefficient (Wildman–Crippen LogP) is 4.69. The van der Waals surface area contributed by atoms with Crippen LogP contribution in [0.3, 0.4) is 0 Å². The summed E-state index contributed by atoms with van der Waals surface area (Å²) in [4.78, 5) is 98.9. The van der Waals surface area contributed by atoms with Crippen molar-refractivity contribution in [1.29, 1.82) is 0 Å². The van der Waals surface area contributed by atoms with E-state index in [4.69, 9.17) is 24.1 Å². The lowest BCUT2D eigenvalue weighted by Crippen LogP contribution is -2.41. The zero-order valence-corrected chi connectivity index (χ0v) is 42.0. The lowest BCUT2D eigenvalue weighted by atomic mass is 10.0. The molecule has 1 aromatic rings. The van der Waals surface area contributed by atoms with Crippen molar-refractivity contribution in [3.8, 4) is 0 Å². The van der Waals surface area contributed by atoms with Gasteiger partial charge in [0.05, 0.1) is 45.9 Å². The number of Topliss-reactive ketones (excluding diaryl/α,β-unsaturated/α-hetero) is 2. The van der Waals surface area contributed by atoms with Gasteiger partial charge in [0.1, 0.15) is 30.3 Å². The topological polar surface area (TPSA) is 311 Å². The fourth-order valence-electron chi connectivity index (χ4n) is 6.76. The molecule has 0 spiro atoms. The van der Waals surface area contributed by atoms with Gasteiger partial charge in [0.2, 0.25) is 17.7 Å². The molecule has 0 aliphatic heterocycles. The molecule has 1 aromatic heterocycles. The number of aromatic nitrogens is 2. The molecule has 0 aliphatic rings. The highest BCUT2D eigenvalue weighted by molar-refractivity contribution is 5.85. The van der Waals surface area contributed by atoms with Crippen LogP contribution in [0.5, 0.6) is 0 Å². The smallest absolute Gasteiger partial charge is 0.326 e. The van der Waals surface area contributed by atoms with Gasteiger partial charge in [-0.05, 0) is 51.4 Å². The number of H-pyrrole nitrogens is 1. The van der Waals surface area contributed by atoms with E-state index in [-0.39, 0.29) is 68.3 Å². The van der Waals surface area contributed by atoms with Crippen molar-refractivity contribution < 1.29 is 72.6 Å². The quantitative estimate of drug-likeness (QED) is 0.0411. The monoisotopic (exact) mass is 999 g/mol. The van der Waals surface area contributed by atoms with Crippen molar-refractivity contribution in [3.63, 3.8) is 0 Å². The molecule has 0 saturated carbocycles. The molecule has 21 nitrogen and oxygen atoms in total. The lowest BCUT2D eigenvalue weighted by molar-refractivity contribution is -0.142. The van der Waals surface area contributed by atoms with E-state index >= 15 is 0 Å². The molecule has 2 atom stereocenters. The van der Waals surface area contributed by atoms with Crippen molar-refractivity contribution >= 4 is 47.2 Å². The fraction of sp³-hybridized carbons (Fsp3) is 0.776. The van der Waals surface area contributed by atoms with Gasteiger partial charge in [-0.3, -0.25) is 38.9 Å². The highest BCUT2D eigenvalue weighted by Gasteiger charge is 2.21. The summed E-state index contributed by atoms with van der Waals surface area (Å²) in [6, 6.07) is -1.85. The zero-order valence-electron chi connectivity index (χ0n) is 42.0. The molecule has 0 fully saturated rings. The van der Waals surface area contributed by atoms with E-state index < -0.39 is 30.0 Å². The summed E-state index contributed by atoms with van der Waals surface area (Å²) >= 11 is 0. The van der Waals surface area contributed by atoms with Gasteiger partial charge in [-0.25, -0.2) is 9.78 Å². The average molecular weight is 999 g/mol. The summed E-state index contributed by atoms with van der Waals surface area (Å²) < 4.78 is 20.7. The van der Waals surface area contributed by atoms with Crippen molar-refractivity contribution in [2.24, 2.45) is 0 Å². The number of ether oxygens (including phenoxy) is 4. The van der Waals surface area contributed by atoms with Crippen LogP contribution in [0.15, 0.2) is 12.5 Å². The van der Waals surface area contributed by atoms with E-state index in [9.17, 15) is 48.6 Å². The number of carboxylic acids is 3. The molecule has 3 amide bonds. The Morgan fingerprint density at radius 3 is 1.77 bits per heavy atom. The number of nitrogens with zero attached hydrogens (tertiary/aromatic N) is 1. The number of carbonyl (C=O) groups excluding carboxylic acids is 5. The SMILES string of the molecule is CCC(=O)NCCOCCOCC(=O)NCCCC[C@H](NCC(=O)CCc1cnc[nH]1)C(=O)O.COCCOCCCC(=O)CC[C@H](NC(=O)CCCCCCCCCCCCCCC(=O)O)C(=O)O. The van der Waals surface area contributed by atoms with Crippen LogP contribution in [0.25, 0.3) is 0 Å². The van der Waals surface area contributed by atoms with E-state index in [0.29, 0.717) is 104 Å². The van der Waals surface area contributed by atoms with Crippen LogP contribution in [-0.2, 0) is 63.7 Å². The number of rotatable bonds is 48.